The van der Waals surface area contributed by atoms with E-state index in [1.165, 1.54) is 15.8 Å². The molecule has 1 amide bonds. The van der Waals surface area contributed by atoms with E-state index in [4.69, 9.17) is 4.74 Å². The molecule has 1 fully saturated rings. The molecule has 0 atom stereocenters. The van der Waals surface area contributed by atoms with Crippen LogP contribution in [0.4, 0.5) is 4.79 Å². The Hall–Kier alpha value is -2.40. The summed E-state index contributed by atoms with van der Waals surface area (Å²) in [5.41, 5.74) is 1.19. The van der Waals surface area contributed by atoms with E-state index in [-0.39, 0.29) is 6.09 Å². The van der Waals surface area contributed by atoms with Gasteiger partial charge in [-0.15, -0.1) is 0 Å². The van der Waals surface area contributed by atoms with Crippen LogP contribution in [0.5, 0.6) is 5.75 Å². The molecular formula is C19H18N2O2S. The second kappa shape index (κ2) is 6.61. The molecule has 122 valence electrons. The number of hydrogen-bond donors (Lipinski definition) is 0. The maximum atomic E-state index is 12.3. The summed E-state index contributed by atoms with van der Waals surface area (Å²) in [5.74, 6) is 1.01. The monoisotopic (exact) mass is 338 g/mol. The fraction of sp³-hybridized carbons (Fsp3) is 0.263. The Morgan fingerprint density at radius 2 is 1.75 bits per heavy atom. The Labute approximate surface area is 144 Å². The highest BCUT2D eigenvalue weighted by Crippen LogP contribution is 2.34. The van der Waals surface area contributed by atoms with Crippen LogP contribution in [-0.2, 0) is 0 Å². The number of piperidine rings is 1. The van der Waals surface area contributed by atoms with Gasteiger partial charge in [0, 0.05) is 24.4 Å². The van der Waals surface area contributed by atoms with Crippen LogP contribution in [0.2, 0.25) is 0 Å². The van der Waals surface area contributed by atoms with Crippen LogP contribution in [0.1, 0.15) is 24.5 Å². The van der Waals surface area contributed by atoms with Crippen molar-refractivity contribution in [1.29, 1.82) is 0 Å². The van der Waals surface area contributed by atoms with E-state index >= 15 is 0 Å². The highest BCUT2D eigenvalue weighted by molar-refractivity contribution is 7.13. The minimum Gasteiger partial charge on any atom is -0.410 e. The lowest BCUT2D eigenvalue weighted by Crippen LogP contribution is -2.39. The lowest BCUT2D eigenvalue weighted by molar-refractivity contribution is 0.138. The number of rotatable bonds is 2. The van der Waals surface area contributed by atoms with Crippen LogP contribution in [0.25, 0.3) is 10.1 Å². The summed E-state index contributed by atoms with van der Waals surface area (Å²) in [6.07, 6.45) is 1.60. The molecule has 24 heavy (non-hydrogen) atoms. The van der Waals surface area contributed by atoms with Gasteiger partial charge in [0.2, 0.25) is 0 Å². The Bertz CT molecular complexity index is 839. The van der Waals surface area contributed by atoms with Crippen LogP contribution >= 0.6 is 11.5 Å². The molecule has 0 bridgehead atoms. The third kappa shape index (κ3) is 2.99. The molecule has 2 aromatic carbocycles. The molecule has 3 aromatic rings. The van der Waals surface area contributed by atoms with Crippen molar-refractivity contribution in [2.75, 3.05) is 13.1 Å². The topological polar surface area (TPSA) is 42.4 Å². The van der Waals surface area contributed by atoms with Crippen molar-refractivity contribution in [2.45, 2.75) is 18.8 Å². The highest BCUT2D eigenvalue weighted by Gasteiger charge is 2.27. The Balaban J connectivity index is 1.41. The highest BCUT2D eigenvalue weighted by atomic mass is 32.1. The SMILES string of the molecule is O=C(Oc1ccccc1)N1CCC(c2nsc3ccccc23)CC1. The molecule has 1 aromatic heterocycles. The maximum Gasteiger partial charge on any atom is 0.415 e. The van der Waals surface area contributed by atoms with E-state index in [0.29, 0.717) is 24.8 Å². The summed E-state index contributed by atoms with van der Waals surface area (Å²) in [6.45, 7) is 1.42. The first kappa shape index (κ1) is 15.1. The number of ether oxygens (including phenoxy) is 1. The molecule has 4 rings (SSSR count). The van der Waals surface area contributed by atoms with Crippen molar-refractivity contribution in [1.82, 2.24) is 9.27 Å². The van der Waals surface area contributed by atoms with E-state index in [1.54, 1.807) is 28.6 Å². The first-order valence-electron chi connectivity index (χ1n) is 8.17. The number of benzene rings is 2. The van der Waals surface area contributed by atoms with Gasteiger partial charge in [-0.2, -0.15) is 4.37 Å². The molecule has 4 nitrogen and oxygen atoms in total. The van der Waals surface area contributed by atoms with Crippen molar-refractivity contribution < 1.29 is 9.53 Å². The molecule has 0 radical (unpaired) electrons. The maximum absolute atomic E-state index is 12.3. The molecule has 0 unspecified atom stereocenters. The molecule has 1 saturated heterocycles. The number of amides is 1. The molecule has 2 heterocycles. The molecular weight excluding hydrogens is 320 g/mol. The summed E-state index contributed by atoms with van der Waals surface area (Å²) in [6, 6.07) is 17.6. The van der Waals surface area contributed by atoms with Crippen molar-refractivity contribution in [3.63, 3.8) is 0 Å². The quantitative estimate of drug-likeness (QED) is 0.681. The second-order valence-electron chi connectivity index (χ2n) is 6.01. The van der Waals surface area contributed by atoms with Crippen molar-refractivity contribution in [2.24, 2.45) is 0 Å². The van der Waals surface area contributed by atoms with Gasteiger partial charge in [0.05, 0.1) is 10.4 Å². The van der Waals surface area contributed by atoms with Crippen molar-refractivity contribution >= 4 is 27.7 Å². The van der Waals surface area contributed by atoms with Gasteiger partial charge in [0.25, 0.3) is 0 Å². The van der Waals surface area contributed by atoms with E-state index in [2.05, 4.69) is 22.6 Å². The average Bonchev–Trinajstić information content (AvgIpc) is 3.07. The summed E-state index contributed by atoms with van der Waals surface area (Å²) >= 11 is 1.56. The minimum atomic E-state index is -0.261. The zero-order valence-corrected chi connectivity index (χ0v) is 14.0. The normalized spacial score (nSPS) is 15.6. The van der Waals surface area contributed by atoms with Gasteiger partial charge in [-0.05, 0) is 42.6 Å². The first-order valence-corrected chi connectivity index (χ1v) is 8.95. The van der Waals surface area contributed by atoms with Gasteiger partial charge in [0.1, 0.15) is 5.75 Å². The predicted octanol–water partition coefficient (Wildman–Crippen LogP) is 4.67. The van der Waals surface area contributed by atoms with Gasteiger partial charge in [-0.3, -0.25) is 0 Å². The van der Waals surface area contributed by atoms with Crippen LogP contribution in [0, 0.1) is 0 Å². The summed E-state index contributed by atoms with van der Waals surface area (Å²) in [4.78, 5) is 14.1. The summed E-state index contributed by atoms with van der Waals surface area (Å²) in [5, 5.41) is 1.26. The van der Waals surface area contributed by atoms with Crippen LogP contribution in [-0.4, -0.2) is 28.5 Å². The molecule has 5 heteroatoms. The van der Waals surface area contributed by atoms with E-state index in [1.807, 2.05) is 24.3 Å². The summed E-state index contributed by atoms with van der Waals surface area (Å²) in [7, 11) is 0. The Morgan fingerprint density at radius 3 is 2.54 bits per heavy atom. The van der Waals surface area contributed by atoms with Crippen molar-refractivity contribution in [3.8, 4) is 5.75 Å². The summed E-state index contributed by atoms with van der Waals surface area (Å²) < 4.78 is 11.3. The molecule has 1 aliphatic rings. The Morgan fingerprint density at radius 1 is 1.04 bits per heavy atom. The van der Waals surface area contributed by atoms with Crippen LogP contribution < -0.4 is 4.74 Å². The average molecular weight is 338 g/mol. The number of carbonyl (C=O) groups excluding carboxylic acids is 1. The molecule has 0 N–H and O–H groups in total. The first-order chi connectivity index (χ1) is 11.8. The number of hydrogen-bond acceptors (Lipinski definition) is 4. The number of nitrogens with zero attached hydrogens (tertiary/aromatic N) is 2. The van der Waals surface area contributed by atoms with Gasteiger partial charge in [-0.1, -0.05) is 36.4 Å². The van der Waals surface area contributed by atoms with E-state index in [0.717, 1.165) is 12.8 Å². The van der Waals surface area contributed by atoms with Gasteiger partial charge in [0.15, 0.2) is 0 Å². The van der Waals surface area contributed by atoms with Crippen molar-refractivity contribution in [3.05, 3.63) is 60.3 Å². The number of aromatic nitrogens is 1. The third-order valence-corrected chi connectivity index (χ3v) is 5.33. The number of carbonyl (C=O) groups is 1. The lowest BCUT2D eigenvalue weighted by Gasteiger charge is -2.30. The molecule has 0 spiro atoms. The van der Waals surface area contributed by atoms with Crippen LogP contribution in [0.3, 0.4) is 0 Å². The lowest BCUT2D eigenvalue weighted by atomic mass is 9.92. The second-order valence-corrected chi connectivity index (χ2v) is 6.81. The smallest absolute Gasteiger partial charge is 0.410 e. The molecule has 0 aliphatic carbocycles. The number of para-hydroxylation sites is 1. The minimum absolute atomic E-state index is 0.261. The number of likely N-dealkylation sites (tertiary alicyclic amines) is 1. The number of fused-ring (bicyclic) bond motifs is 1. The third-order valence-electron chi connectivity index (χ3n) is 4.49. The fourth-order valence-electron chi connectivity index (χ4n) is 3.19. The largest absolute Gasteiger partial charge is 0.415 e. The zero-order chi connectivity index (χ0) is 16.4. The molecule has 0 saturated carbocycles. The standard InChI is InChI=1S/C19H18N2O2S/c22-19(23-15-6-2-1-3-7-15)21-12-10-14(11-13-21)18-16-8-4-5-9-17(16)24-20-18/h1-9,14H,10-13H2. The van der Waals surface area contributed by atoms with Gasteiger partial charge >= 0.3 is 6.09 Å². The fourth-order valence-corrected chi connectivity index (χ4v) is 4.04. The van der Waals surface area contributed by atoms with Gasteiger partial charge in [-0.25, -0.2) is 4.79 Å². The molecule has 1 aliphatic heterocycles. The zero-order valence-electron chi connectivity index (χ0n) is 13.2. The van der Waals surface area contributed by atoms with Crippen LogP contribution in [0.15, 0.2) is 54.6 Å². The predicted molar refractivity (Wildman–Crippen MR) is 95.6 cm³/mol. The Kier molecular flexibility index (Phi) is 4.17. The van der Waals surface area contributed by atoms with E-state index < -0.39 is 0 Å². The van der Waals surface area contributed by atoms with Gasteiger partial charge < -0.3 is 9.64 Å². The van der Waals surface area contributed by atoms with E-state index in [9.17, 15) is 4.79 Å².